The Labute approximate surface area is 439 Å². The summed E-state index contributed by atoms with van der Waals surface area (Å²) in [6.45, 7) is 20.9. The van der Waals surface area contributed by atoms with E-state index in [0.29, 0.717) is 0 Å². The minimum atomic E-state index is -3.78. The molecule has 76 heavy (non-hydrogen) atoms. The average molecular weight is 1110 g/mol. The highest BCUT2D eigenvalue weighted by atomic mass is 31.2. The number of aliphatic hydroxyl groups is 6. The van der Waals surface area contributed by atoms with Crippen molar-refractivity contribution >= 4 is 56.1 Å². The summed E-state index contributed by atoms with van der Waals surface area (Å²) in [4.78, 5) is 57.4. The van der Waals surface area contributed by atoms with E-state index in [0.717, 1.165) is 46.5 Å². The van der Waals surface area contributed by atoms with Crippen molar-refractivity contribution in [1.29, 1.82) is 0 Å². The summed E-state index contributed by atoms with van der Waals surface area (Å²) in [6, 6.07) is -1.54. The summed E-state index contributed by atoms with van der Waals surface area (Å²) >= 11 is 0. The normalized spacial score (nSPS) is 30.7. The smallest absolute Gasteiger partial charge is 0.462 e. The van der Waals surface area contributed by atoms with Gasteiger partial charge in [-0.05, 0) is 25.7 Å². The van der Waals surface area contributed by atoms with Crippen LogP contribution in [0.4, 0.5) is 0 Å². The van der Waals surface area contributed by atoms with Crippen LogP contribution in [-0.4, -0.2) is 213 Å². The van der Waals surface area contributed by atoms with E-state index < -0.39 is 123 Å². The highest BCUT2D eigenvalue weighted by Crippen LogP contribution is 2.49. The molecule has 0 aromatic rings. The van der Waals surface area contributed by atoms with E-state index in [1.807, 2.05) is 27.7 Å². The number of nitrogens with zero attached hydrogens (tertiary/aromatic N) is 6. The van der Waals surface area contributed by atoms with Gasteiger partial charge in [0.1, 0.15) is 116 Å². The average Bonchev–Trinajstić information content (AvgIpc) is 3.93. The minimum absolute atomic E-state index is 0. The number of rotatable bonds is 20. The second kappa shape index (κ2) is 29.4. The first-order valence-electron chi connectivity index (χ1n) is 23.7. The number of hydrogen-bond donors (Lipinski definition) is 11. The first-order valence-corrected chi connectivity index (χ1v) is 25.2. The first kappa shape index (κ1) is 64.9. The Morgan fingerprint density at radius 3 is 1.14 bits per heavy atom. The van der Waals surface area contributed by atoms with Gasteiger partial charge in [-0.1, -0.05) is 67.7 Å². The largest absolute Gasteiger partial charge is 0.474 e. The Morgan fingerprint density at radius 1 is 0.592 bits per heavy atom. The Morgan fingerprint density at radius 2 is 0.882 bits per heavy atom. The molecule has 0 saturated carbocycles. The molecule has 13 N–H and O–H groups in total. The van der Waals surface area contributed by atoms with Crippen LogP contribution >= 0.6 is 7.82 Å². The lowest BCUT2D eigenvalue weighted by atomic mass is 10.0. The van der Waals surface area contributed by atoms with E-state index >= 15 is 0 Å². The fourth-order valence-corrected chi connectivity index (χ4v) is 8.38. The van der Waals surface area contributed by atoms with Gasteiger partial charge in [-0.25, -0.2) is 19.6 Å². The van der Waals surface area contributed by atoms with Gasteiger partial charge >= 0.3 is 19.8 Å². The zero-order chi connectivity index (χ0) is 56.1. The van der Waals surface area contributed by atoms with Gasteiger partial charge in [0.2, 0.25) is 0 Å². The van der Waals surface area contributed by atoms with Crippen LogP contribution in [0.15, 0.2) is 52.5 Å². The van der Waals surface area contributed by atoms with Crippen LogP contribution in [0.3, 0.4) is 0 Å². The third-order valence-corrected chi connectivity index (χ3v) is 13.7. The van der Waals surface area contributed by atoms with Crippen molar-refractivity contribution in [3.63, 3.8) is 0 Å². The maximum absolute atomic E-state index is 12.3. The van der Waals surface area contributed by atoms with Gasteiger partial charge in [0.05, 0.1) is 19.8 Å². The Bertz CT molecular complexity index is 2090. The summed E-state index contributed by atoms with van der Waals surface area (Å²) in [6.07, 6.45) is -9.78. The van der Waals surface area contributed by atoms with Crippen molar-refractivity contribution in [1.82, 2.24) is 31.0 Å². The lowest BCUT2D eigenvalue weighted by Crippen LogP contribution is -2.47. The molecule has 0 bridgehead atoms. The lowest BCUT2D eigenvalue weighted by molar-refractivity contribution is -0.154. The maximum Gasteiger partial charge on any atom is 0.474 e. The summed E-state index contributed by atoms with van der Waals surface area (Å²) in [5.41, 5.74) is 11.6. The van der Waals surface area contributed by atoms with Crippen LogP contribution in [0.5, 0.6) is 0 Å². The van der Waals surface area contributed by atoms with Crippen molar-refractivity contribution in [2.75, 3.05) is 33.0 Å². The van der Waals surface area contributed by atoms with E-state index in [2.05, 4.69) is 51.0 Å². The van der Waals surface area contributed by atoms with Crippen molar-refractivity contribution in [2.45, 2.75) is 148 Å². The van der Waals surface area contributed by atoms with Gasteiger partial charge in [0, 0.05) is 0 Å². The molecule has 0 spiro atoms. The number of carbonyl (C=O) groups is 5. The second-order valence-corrected chi connectivity index (χ2v) is 19.0. The van der Waals surface area contributed by atoms with E-state index in [9.17, 15) is 59.2 Å². The number of nitrogens with one attached hydrogen (secondary N) is 3. The summed E-state index contributed by atoms with van der Waals surface area (Å²) in [7, 11) is -3.78. The highest BCUT2D eigenvalue weighted by Gasteiger charge is 2.50. The van der Waals surface area contributed by atoms with Gasteiger partial charge in [-0.2, -0.15) is 15.3 Å². The van der Waals surface area contributed by atoms with Crippen LogP contribution < -0.4 is 27.4 Å². The first-order chi connectivity index (χ1) is 35.3. The molecule has 3 amide bonds. The molecule has 0 aromatic carbocycles. The summed E-state index contributed by atoms with van der Waals surface area (Å²) in [5, 5.41) is 82.9. The van der Waals surface area contributed by atoms with Crippen molar-refractivity contribution in [3.05, 3.63) is 37.2 Å². The SMILES string of the molecule is C.C=C1NC(=O)C=NN1[C@@H]1O[C@H](COC(=O)[C@H](N)[C@@H](C)CC)C(O)[C@@H]1O.C=C1NC(=O)C=NN1[C@@H]1O[C@H](COC(=O)[C@H](N)[C@H](C)CC)C(O)[C@@H]1O.C=C1NC(=O)C=NN1[C@@H]1O[C@H](COP(=O)(OCC)OCC)C(O)[C@@H]1O. The van der Waals surface area contributed by atoms with Crippen LogP contribution in [0.2, 0.25) is 0 Å². The molecular formula is C44H74N11O20P. The van der Waals surface area contributed by atoms with Crippen molar-refractivity contribution in [3.8, 4) is 0 Å². The number of hydrogen-bond acceptors (Lipinski definition) is 28. The Hall–Kier alpha value is -5.35. The monoisotopic (exact) mass is 1110 g/mol. The number of phosphoric acid groups is 1. The highest BCUT2D eigenvalue weighted by molar-refractivity contribution is 7.48. The zero-order valence-electron chi connectivity index (χ0n) is 42.2. The molecular weight excluding hydrogens is 1030 g/mol. The standard InChI is InChI=1S/2C15H24N4O6.C13H22N3O8P.CH4/c2*1-4-7(2)11(16)15(23)24-6-9-12(21)13(22)14(25-9)19-8(3)18-10(20)5-17-19;1-4-21-25(20,22-5-2)23-7-9-11(18)12(19)13(24-9)16-8(3)15-10(17)6-14-16;/h2*5,7,9,11-14,21-22H,3-4,6,16H2,1-2H3,(H,18,20);6,9,11-13,18-19H,3-5,7H2,1-2H3,(H,15,17);1H4/t7-,9+,11+,12?,13-,14+;7-,9-,11-,12?,13+,14-;9-,11?,12+,13-;/m011./s1. The number of hydrazone groups is 3. The summed E-state index contributed by atoms with van der Waals surface area (Å²) < 4.78 is 54.2. The third-order valence-electron chi connectivity index (χ3n) is 12.1. The molecule has 6 rings (SSSR count). The number of nitrogens with two attached hydrogens (primary N) is 2. The van der Waals surface area contributed by atoms with Gasteiger partial charge in [0.25, 0.3) is 17.7 Å². The van der Waals surface area contributed by atoms with Gasteiger partial charge in [0.15, 0.2) is 18.7 Å². The number of esters is 2. The fraction of sp³-hybridized carbons (Fsp3) is 0.682. The number of amides is 3. The molecule has 0 aromatic heterocycles. The van der Waals surface area contributed by atoms with Crippen molar-refractivity contribution in [2.24, 2.45) is 38.6 Å². The predicted molar refractivity (Wildman–Crippen MR) is 265 cm³/mol. The summed E-state index contributed by atoms with van der Waals surface area (Å²) in [5.74, 6) is -2.41. The molecule has 0 aliphatic carbocycles. The van der Waals surface area contributed by atoms with E-state index in [4.69, 9.17) is 48.7 Å². The third kappa shape index (κ3) is 16.6. The van der Waals surface area contributed by atoms with E-state index in [-0.39, 0.29) is 69.8 Å². The van der Waals surface area contributed by atoms with Gasteiger partial charge in [-0.15, -0.1) is 0 Å². The number of carbonyl (C=O) groups excluding carboxylic acids is 5. The lowest BCUT2D eigenvalue weighted by Gasteiger charge is -2.30. The molecule has 16 atom stereocenters. The predicted octanol–water partition coefficient (Wildman–Crippen LogP) is -3.37. The fourth-order valence-electron chi connectivity index (χ4n) is 7.20. The zero-order valence-corrected chi connectivity index (χ0v) is 43.1. The van der Waals surface area contributed by atoms with E-state index in [1.54, 1.807) is 13.8 Å². The molecule has 3 saturated heterocycles. The van der Waals surface area contributed by atoms with Crippen LogP contribution in [-0.2, 0) is 65.8 Å². The molecule has 32 heteroatoms. The molecule has 3 fully saturated rings. The van der Waals surface area contributed by atoms with Crippen molar-refractivity contribution < 1.29 is 96.4 Å². The number of ether oxygens (including phenoxy) is 5. The second-order valence-electron chi connectivity index (χ2n) is 17.4. The van der Waals surface area contributed by atoms with E-state index in [1.165, 1.54) is 0 Å². The minimum Gasteiger partial charge on any atom is -0.462 e. The Balaban J connectivity index is 0.000000298. The molecule has 3 unspecified atom stereocenters. The Kier molecular flexibility index (Phi) is 25.1. The van der Waals surface area contributed by atoms with Gasteiger partial charge in [-0.3, -0.25) is 37.5 Å². The number of phosphoric ester groups is 1. The quantitative estimate of drug-likeness (QED) is 0.0419. The maximum atomic E-state index is 12.3. The molecule has 6 aliphatic heterocycles. The van der Waals surface area contributed by atoms with Crippen LogP contribution in [0.1, 0.15) is 61.8 Å². The van der Waals surface area contributed by atoms with Crippen LogP contribution in [0.25, 0.3) is 0 Å². The number of aliphatic hydroxyl groups excluding tert-OH is 6. The molecule has 6 heterocycles. The molecule has 0 radical (unpaired) electrons. The molecule has 6 aliphatic rings. The van der Waals surface area contributed by atoms with Crippen LogP contribution in [0, 0.1) is 11.8 Å². The molecule has 430 valence electrons. The topological polar surface area (TPSA) is 433 Å². The molecule has 31 nitrogen and oxygen atoms in total. The van der Waals surface area contributed by atoms with Gasteiger partial charge < -0.3 is 81.7 Å².